The molecule has 3 nitrogen and oxygen atoms in total. The van der Waals surface area contributed by atoms with Crippen molar-refractivity contribution in [2.45, 2.75) is 56.3 Å². The zero-order chi connectivity index (χ0) is 17.9. The largest absolute Gasteiger partial charge is 0.490 e. The highest BCUT2D eigenvalue weighted by Crippen LogP contribution is 2.45. The zero-order valence-corrected chi connectivity index (χ0v) is 17.1. The lowest BCUT2D eigenvalue weighted by Crippen LogP contribution is -2.42. The third kappa shape index (κ3) is 5.29. The van der Waals surface area contributed by atoms with E-state index in [9.17, 15) is 0 Å². The van der Waals surface area contributed by atoms with Gasteiger partial charge in [0, 0.05) is 16.8 Å². The zero-order valence-electron chi connectivity index (χ0n) is 15.5. The van der Waals surface area contributed by atoms with Crippen LogP contribution in [0.2, 0.25) is 5.02 Å². The van der Waals surface area contributed by atoms with E-state index >= 15 is 0 Å². The van der Waals surface area contributed by atoms with E-state index in [1.165, 1.54) is 32.4 Å². The van der Waals surface area contributed by atoms with Gasteiger partial charge in [-0.1, -0.05) is 31.9 Å². The van der Waals surface area contributed by atoms with Crippen molar-refractivity contribution in [3.63, 3.8) is 0 Å². The molecule has 0 aromatic heterocycles. The summed E-state index contributed by atoms with van der Waals surface area (Å²) in [5, 5.41) is 1.24. The Morgan fingerprint density at radius 1 is 1.24 bits per heavy atom. The number of ether oxygens (including phenoxy) is 2. The lowest BCUT2D eigenvalue weighted by Gasteiger charge is -2.31. The maximum Gasteiger partial charge on any atom is 0.145 e. The fraction of sp³-hybridized carbons (Fsp3) is 0.700. The average Bonchev–Trinajstić information content (AvgIpc) is 2.93. The molecule has 0 aliphatic carbocycles. The van der Waals surface area contributed by atoms with Gasteiger partial charge in [-0.25, -0.2) is 0 Å². The van der Waals surface area contributed by atoms with Gasteiger partial charge < -0.3 is 14.4 Å². The molecule has 2 aliphatic heterocycles. The van der Waals surface area contributed by atoms with Crippen molar-refractivity contribution in [3.05, 3.63) is 29.3 Å². The summed E-state index contributed by atoms with van der Waals surface area (Å²) < 4.78 is 12.5. The van der Waals surface area contributed by atoms with Gasteiger partial charge in [-0.15, -0.1) is 11.8 Å². The first kappa shape index (κ1) is 19.3. The van der Waals surface area contributed by atoms with Crippen LogP contribution in [0, 0.1) is 5.92 Å². The van der Waals surface area contributed by atoms with Gasteiger partial charge in [0.1, 0.15) is 17.3 Å². The molecular weight excluding hydrogens is 354 g/mol. The van der Waals surface area contributed by atoms with Crippen molar-refractivity contribution in [2.24, 2.45) is 5.92 Å². The minimum Gasteiger partial charge on any atom is -0.490 e. The summed E-state index contributed by atoms with van der Waals surface area (Å²) >= 11 is 7.88. The highest BCUT2D eigenvalue weighted by Gasteiger charge is 2.46. The quantitative estimate of drug-likeness (QED) is 0.682. The Morgan fingerprint density at radius 3 is 2.56 bits per heavy atom. The molecule has 140 valence electrons. The number of likely N-dealkylation sites (tertiary alicyclic amines) is 1. The molecule has 3 unspecified atom stereocenters. The second-order valence-corrected chi connectivity index (χ2v) is 9.80. The Bertz CT molecular complexity index is 547. The van der Waals surface area contributed by atoms with Crippen molar-refractivity contribution in [3.8, 4) is 5.75 Å². The smallest absolute Gasteiger partial charge is 0.145 e. The summed E-state index contributed by atoms with van der Waals surface area (Å²) in [6.07, 6.45) is 4.30. The summed E-state index contributed by atoms with van der Waals surface area (Å²) in [7, 11) is 0. The molecule has 0 radical (unpaired) electrons. The molecular formula is C20H30ClNO2S. The lowest BCUT2D eigenvalue weighted by molar-refractivity contribution is -0.0463. The van der Waals surface area contributed by atoms with Gasteiger partial charge in [0.2, 0.25) is 0 Å². The van der Waals surface area contributed by atoms with Crippen LogP contribution < -0.4 is 4.74 Å². The molecule has 0 N–H and O–H groups in total. The van der Waals surface area contributed by atoms with Crippen LogP contribution in [-0.2, 0) is 4.74 Å². The summed E-state index contributed by atoms with van der Waals surface area (Å²) in [5.74, 6) is 1.44. The third-order valence-corrected chi connectivity index (χ3v) is 7.10. The van der Waals surface area contributed by atoms with Crippen molar-refractivity contribution in [1.82, 2.24) is 4.90 Å². The fourth-order valence-corrected chi connectivity index (χ4v) is 5.27. The van der Waals surface area contributed by atoms with E-state index in [1.54, 1.807) is 0 Å². The van der Waals surface area contributed by atoms with Gasteiger partial charge in [-0.2, -0.15) is 0 Å². The summed E-state index contributed by atoms with van der Waals surface area (Å²) in [6, 6.07) is 7.54. The van der Waals surface area contributed by atoms with E-state index in [4.69, 9.17) is 21.1 Å². The molecule has 5 heteroatoms. The van der Waals surface area contributed by atoms with Gasteiger partial charge in [0.25, 0.3) is 0 Å². The van der Waals surface area contributed by atoms with Crippen molar-refractivity contribution in [2.75, 3.05) is 26.2 Å². The number of hydrogen-bond donors (Lipinski definition) is 0. The lowest BCUT2D eigenvalue weighted by atomic mass is 10.0. The predicted molar refractivity (Wildman–Crippen MR) is 107 cm³/mol. The Kier molecular flexibility index (Phi) is 6.59. The van der Waals surface area contributed by atoms with E-state index in [2.05, 4.69) is 25.7 Å². The van der Waals surface area contributed by atoms with E-state index < -0.39 is 0 Å². The molecule has 3 atom stereocenters. The molecule has 1 aromatic carbocycles. The number of halogens is 1. The van der Waals surface area contributed by atoms with Crippen LogP contribution in [0.15, 0.2) is 24.3 Å². The summed E-state index contributed by atoms with van der Waals surface area (Å²) in [6.45, 7) is 10.8. The molecule has 0 amide bonds. The number of benzene rings is 1. The first-order valence-electron chi connectivity index (χ1n) is 9.41. The first-order valence-corrected chi connectivity index (χ1v) is 10.7. The maximum absolute atomic E-state index is 6.54. The van der Waals surface area contributed by atoms with E-state index in [0.717, 1.165) is 17.3 Å². The molecule has 2 aliphatic rings. The van der Waals surface area contributed by atoms with E-state index in [0.29, 0.717) is 17.8 Å². The summed E-state index contributed by atoms with van der Waals surface area (Å²) in [4.78, 5) is 2.28. The molecule has 1 aromatic rings. The molecule has 2 saturated heterocycles. The Hall–Kier alpha value is -0.420. The molecule has 3 rings (SSSR count). The van der Waals surface area contributed by atoms with Crippen LogP contribution in [0.1, 0.15) is 40.0 Å². The highest BCUT2D eigenvalue weighted by molar-refractivity contribution is 8.01. The molecule has 2 fully saturated rings. The standard InChI is InChI=1S/C20H30ClNO2S/c1-15(2)19-18(13-22-11-5-4-6-12-22)24-20(3,25-19)14-23-17-9-7-16(21)8-10-17/h7-10,15,18-19H,4-6,11-14H2,1-3H3. The van der Waals surface area contributed by atoms with Crippen LogP contribution in [0.4, 0.5) is 0 Å². The monoisotopic (exact) mass is 383 g/mol. The van der Waals surface area contributed by atoms with Gasteiger partial charge in [0.05, 0.1) is 6.10 Å². The molecule has 0 saturated carbocycles. The molecule has 2 heterocycles. The number of nitrogens with zero attached hydrogens (tertiary/aromatic N) is 1. The Labute approximate surface area is 161 Å². The van der Waals surface area contributed by atoms with E-state index in [1.807, 2.05) is 36.0 Å². The number of rotatable bonds is 6. The average molecular weight is 384 g/mol. The van der Waals surface area contributed by atoms with Crippen molar-refractivity contribution < 1.29 is 9.47 Å². The predicted octanol–water partition coefficient (Wildman–Crippen LogP) is 5.08. The van der Waals surface area contributed by atoms with Gasteiger partial charge in [-0.05, 0) is 63.0 Å². The SMILES string of the molecule is CC(C)C1SC(C)(COc2ccc(Cl)cc2)OC1CN1CCCCC1. The van der Waals surface area contributed by atoms with Gasteiger partial charge in [0.15, 0.2) is 0 Å². The van der Waals surface area contributed by atoms with Crippen LogP contribution in [0.5, 0.6) is 5.75 Å². The van der Waals surface area contributed by atoms with Gasteiger partial charge in [-0.3, -0.25) is 0 Å². The van der Waals surface area contributed by atoms with Crippen LogP contribution in [-0.4, -0.2) is 47.4 Å². The highest BCUT2D eigenvalue weighted by atomic mass is 35.5. The maximum atomic E-state index is 6.54. The second kappa shape index (κ2) is 8.51. The normalized spacial score (nSPS) is 30.8. The van der Waals surface area contributed by atoms with Crippen LogP contribution in [0.3, 0.4) is 0 Å². The first-order chi connectivity index (χ1) is 12.0. The number of thioether (sulfide) groups is 1. The molecule has 25 heavy (non-hydrogen) atoms. The van der Waals surface area contributed by atoms with Gasteiger partial charge >= 0.3 is 0 Å². The van der Waals surface area contributed by atoms with Crippen LogP contribution >= 0.6 is 23.4 Å². The Morgan fingerprint density at radius 2 is 1.92 bits per heavy atom. The molecule has 0 spiro atoms. The molecule has 0 bridgehead atoms. The Balaban J connectivity index is 1.60. The minimum absolute atomic E-state index is 0.280. The number of hydrogen-bond acceptors (Lipinski definition) is 4. The second-order valence-electron chi connectivity index (χ2n) is 7.72. The van der Waals surface area contributed by atoms with Crippen molar-refractivity contribution >= 4 is 23.4 Å². The number of piperidine rings is 1. The summed E-state index contributed by atoms with van der Waals surface area (Å²) in [5.41, 5.74) is 0. The third-order valence-electron chi connectivity index (χ3n) is 5.01. The topological polar surface area (TPSA) is 21.7 Å². The fourth-order valence-electron chi connectivity index (χ4n) is 3.70. The van der Waals surface area contributed by atoms with Crippen LogP contribution in [0.25, 0.3) is 0 Å². The van der Waals surface area contributed by atoms with E-state index in [-0.39, 0.29) is 11.0 Å². The van der Waals surface area contributed by atoms with Crippen molar-refractivity contribution in [1.29, 1.82) is 0 Å². The minimum atomic E-state index is -0.297.